The molecule has 0 bridgehead atoms. The monoisotopic (exact) mass is 703 g/mol. The Hall–Kier alpha value is -5.56. The van der Waals surface area contributed by atoms with Crippen LogP contribution >= 0.6 is 0 Å². The number of hydrogen-bond donors (Lipinski definition) is 1. The lowest BCUT2D eigenvalue weighted by Gasteiger charge is -2.38. The van der Waals surface area contributed by atoms with Gasteiger partial charge in [-0.3, -0.25) is 14.5 Å². The molecule has 2 unspecified atom stereocenters. The van der Waals surface area contributed by atoms with E-state index in [1.807, 2.05) is 24.3 Å². The third-order valence-electron chi connectivity index (χ3n) is 9.22. The van der Waals surface area contributed by atoms with Gasteiger partial charge in [0, 0.05) is 12.6 Å². The van der Waals surface area contributed by atoms with Crippen molar-refractivity contribution in [2.75, 3.05) is 62.4 Å². The number of hydrogen-bond acceptors (Lipinski definition) is 13. The molecule has 0 aliphatic carbocycles. The highest BCUT2D eigenvalue weighted by atomic mass is 16.6. The Kier molecular flexibility index (Phi) is 10.5. The topological polar surface area (TPSA) is 145 Å². The highest BCUT2D eigenvalue weighted by Gasteiger charge is 2.34. The van der Waals surface area contributed by atoms with Crippen molar-refractivity contribution < 1.29 is 52.2 Å². The molecule has 0 spiro atoms. The molecule has 1 N–H and O–H groups in total. The lowest BCUT2D eigenvalue weighted by molar-refractivity contribution is -0.140. The standard InChI is InChI=1S/C38H41NO12/c1-43-29-13-22-9-10-39(35(25(22)18-30(29)44-2)23-15-32(45-3)38(48-6)33(16-23)46-4)20-24-17-27(40)36(42)37(51-24)26(19-34(41)47-5)21-7-8-28-31(14-21)50-12-11-49-28/h7-8,13-18,26,35,42H,9-12,19-20H2,1-6H3. The molecule has 2 atom stereocenters. The van der Waals surface area contributed by atoms with Gasteiger partial charge >= 0.3 is 5.97 Å². The minimum atomic E-state index is -0.870. The highest BCUT2D eigenvalue weighted by Crippen LogP contribution is 2.47. The molecule has 3 heterocycles. The second-order valence-corrected chi connectivity index (χ2v) is 12.0. The van der Waals surface area contributed by atoms with Crippen LogP contribution in [0.25, 0.3) is 0 Å². The van der Waals surface area contributed by atoms with Crippen LogP contribution in [0.5, 0.6) is 46.0 Å². The summed E-state index contributed by atoms with van der Waals surface area (Å²) in [7, 11) is 9.11. The van der Waals surface area contributed by atoms with Crippen molar-refractivity contribution >= 4 is 5.97 Å². The summed E-state index contributed by atoms with van der Waals surface area (Å²) < 4.78 is 51.2. The fraction of sp³-hybridized carbons (Fsp3) is 0.368. The molecule has 2 aliphatic rings. The van der Waals surface area contributed by atoms with Gasteiger partial charge in [0.05, 0.1) is 67.6 Å². The van der Waals surface area contributed by atoms with Crippen LogP contribution in [-0.4, -0.2) is 78.4 Å². The van der Waals surface area contributed by atoms with Crippen molar-refractivity contribution in [3.05, 3.63) is 92.5 Å². The Morgan fingerprint density at radius 2 is 1.51 bits per heavy atom. The molecule has 13 heteroatoms. The first kappa shape index (κ1) is 35.3. The van der Waals surface area contributed by atoms with Crippen LogP contribution in [0.2, 0.25) is 0 Å². The summed E-state index contributed by atoms with van der Waals surface area (Å²) >= 11 is 0. The molecule has 6 rings (SSSR count). The van der Waals surface area contributed by atoms with Gasteiger partial charge in [-0.05, 0) is 65.1 Å². The number of rotatable bonds is 12. The summed E-state index contributed by atoms with van der Waals surface area (Å²) in [6.07, 6.45) is 0.441. The average Bonchev–Trinajstić information content (AvgIpc) is 3.16. The van der Waals surface area contributed by atoms with Crippen LogP contribution in [-0.2, 0) is 22.5 Å². The average molecular weight is 704 g/mol. The molecule has 4 aromatic rings. The Labute approximate surface area is 295 Å². The van der Waals surface area contributed by atoms with E-state index < -0.39 is 29.1 Å². The van der Waals surface area contributed by atoms with Crippen LogP contribution in [0.15, 0.2) is 57.7 Å². The first-order valence-corrected chi connectivity index (χ1v) is 16.3. The number of aromatic hydroxyl groups is 1. The van der Waals surface area contributed by atoms with Crippen molar-refractivity contribution in [1.29, 1.82) is 0 Å². The van der Waals surface area contributed by atoms with Gasteiger partial charge in [-0.1, -0.05) is 6.07 Å². The first-order chi connectivity index (χ1) is 24.7. The summed E-state index contributed by atoms with van der Waals surface area (Å²) in [5, 5.41) is 11.1. The number of carbonyl (C=O) groups is 1. The van der Waals surface area contributed by atoms with E-state index in [-0.39, 0.29) is 24.5 Å². The molecule has 0 saturated heterocycles. The zero-order valence-corrected chi connectivity index (χ0v) is 29.4. The number of esters is 1. The highest BCUT2D eigenvalue weighted by molar-refractivity contribution is 5.71. The van der Waals surface area contributed by atoms with E-state index >= 15 is 0 Å². The lowest BCUT2D eigenvalue weighted by Crippen LogP contribution is -2.36. The van der Waals surface area contributed by atoms with E-state index in [9.17, 15) is 14.7 Å². The Morgan fingerprint density at radius 3 is 2.16 bits per heavy atom. The van der Waals surface area contributed by atoms with Gasteiger partial charge in [-0.2, -0.15) is 0 Å². The summed E-state index contributed by atoms with van der Waals surface area (Å²) in [6, 6.07) is 13.7. The zero-order valence-electron chi connectivity index (χ0n) is 29.4. The summed E-state index contributed by atoms with van der Waals surface area (Å²) in [4.78, 5) is 28.2. The third kappa shape index (κ3) is 6.93. The van der Waals surface area contributed by atoms with E-state index in [4.69, 9.17) is 42.3 Å². The molecule has 3 aromatic carbocycles. The van der Waals surface area contributed by atoms with Crippen LogP contribution in [0, 0.1) is 0 Å². The van der Waals surface area contributed by atoms with Crippen LogP contribution in [0.1, 0.15) is 52.2 Å². The van der Waals surface area contributed by atoms with Crippen LogP contribution in [0.4, 0.5) is 0 Å². The maximum absolute atomic E-state index is 13.4. The first-order valence-electron chi connectivity index (χ1n) is 16.3. The number of ether oxygens (including phenoxy) is 8. The van der Waals surface area contributed by atoms with Gasteiger partial charge in [0.2, 0.25) is 16.9 Å². The van der Waals surface area contributed by atoms with E-state index in [1.54, 1.807) is 53.7 Å². The van der Waals surface area contributed by atoms with Crippen molar-refractivity contribution in [3.63, 3.8) is 0 Å². The maximum Gasteiger partial charge on any atom is 0.306 e. The number of benzene rings is 3. The summed E-state index contributed by atoms with van der Waals surface area (Å²) in [5.74, 6) is 1.80. The number of fused-ring (bicyclic) bond motifs is 2. The molecule has 0 radical (unpaired) electrons. The molecule has 2 aliphatic heterocycles. The second kappa shape index (κ2) is 15.1. The van der Waals surface area contributed by atoms with Crippen molar-refractivity contribution in [2.45, 2.75) is 31.3 Å². The molecule has 0 saturated carbocycles. The number of methoxy groups -OCH3 is 6. The van der Waals surface area contributed by atoms with Gasteiger partial charge in [0.1, 0.15) is 19.0 Å². The third-order valence-corrected chi connectivity index (χ3v) is 9.22. The molecule has 0 amide bonds. The van der Waals surface area contributed by atoms with Crippen molar-refractivity contribution in [1.82, 2.24) is 4.90 Å². The van der Waals surface area contributed by atoms with Gasteiger partial charge < -0.3 is 47.4 Å². The van der Waals surface area contributed by atoms with Crippen LogP contribution in [0.3, 0.4) is 0 Å². The Morgan fingerprint density at radius 1 is 0.843 bits per heavy atom. The fourth-order valence-electron chi connectivity index (χ4n) is 6.78. The zero-order chi connectivity index (χ0) is 36.2. The van der Waals surface area contributed by atoms with Gasteiger partial charge in [0.15, 0.2) is 40.3 Å². The molecule has 270 valence electrons. The fourth-order valence-corrected chi connectivity index (χ4v) is 6.78. The molecule has 13 nitrogen and oxygen atoms in total. The van der Waals surface area contributed by atoms with Gasteiger partial charge in [-0.25, -0.2) is 0 Å². The minimum absolute atomic E-state index is 0.0623. The maximum atomic E-state index is 13.4. The number of nitrogens with zero attached hydrogens (tertiary/aromatic N) is 1. The smallest absolute Gasteiger partial charge is 0.306 e. The molecule has 51 heavy (non-hydrogen) atoms. The van der Waals surface area contributed by atoms with Crippen LogP contribution < -0.4 is 38.6 Å². The van der Waals surface area contributed by atoms with E-state index in [2.05, 4.69) is 4.90 Å². The lowest BCUT2D eigenvalue weighted by atomic mass is 9.87. The van der Waals surface area contributed by atoms with Gasteiger partial charge in [-0.15, -0.1) is 0 Å². The molecule has 1 aromatic heterocycles. The quantitative estimate of drug-likeness (QED) is 0.198. The second-order valence-electron chi connectivity index (χ2n) is 12.0. The van der Waals surface area contributed by atoms with Crippen molar-refractivity contribution in [2.24, 2.45) is 0 Å². The summed E-state index contributed by atoms with van der Waals surface area (Å²) in [5.41, 5.74) is 2.73. The van der Waals surface area contributed by atoms with E-state index in [0.717, 1.165) is 16.7 Å². The molecular weight excluding hydrogens is 662 g/mol. The number of carbonyl (C=O) groups excluding carboxylic acids is 1. The predicted molar refractivity (Wildman–Crippen MR) is 184 cm³/mol. The SMILES string of the molecule is COC(=O)CC(c1ccc2c(c1)OCCO2)c1oc(CN2CCc3cc(OC)c(OC)cc3C2c2cc(OC)c(OC)c(OC)c2)cc(=O)c1O. The summed E-state index contributed by atoms with van der Waals surface area (Å²) in [6.45, 7) is 1.48. The molecule has 0 fully saturated rings. The Bertz CT molecular complexity index is 1950. The largest absolute Gasteiger partial charge is 0.502 e. The van der Waals surface area contributed by atoms with E-state index in [0.29, 0.717) is 72.0 Å². The van der Waals surface area contributed by atoms with Gasteiger partial charge in [0.25, 0.3) is 0 Å². The normalized spacial score (nSPS) is 15.7. The Balaban J connectivity index is 1.46. The van der Waals surface area contributed by atoms with Crippen molar-refractivity contribution in [3.8, 4) is 46.0 Å². The molecular formula is C38H41NO12. The van der Waals surface area contributed by atoms with E-state index in [1.165, 1.54) is 13.2 Å². The predicted octanol–water partition coefficient (Wildman–Crippen LogP) is 5.00. The minimum Gasteiger partial charge on any atom is -0.502 e.